The molecule has 1 aliphatic heterocycles. The summed E-state index contributed by atoms with van der Waals surface area (Å²) in [5, 5.41) is 3.71. The fourth-order valence-corrected chi connectivity index (χ4v) is 4.68. The summed E-state index contributed by atoms with van der Waals surface area (Å²) in [5.41, 5.74) is 4.22. The van der Waals surface area contributed by atoms with E-state index in [9.17, 15) is 18.0 Å². The fourth-order valence-electron chi connectivity index (χ4n) is 4.68. The van der Waals surface area contributed by atoms with Crippen molar-refractivity contribution < 1.29 is 22.7 Å². The summed E-state index contributed by atoms with van der Waals surface area (Å²) in [5.74, 6) is 0.746. The fraction of sp³-hybridized carbons (Fsp3) is 0.222. The number of rotatable bonds is 3. The van der Waals surface area contributed by atoms with E-state index in [4.69, 9.17) is 4.74 Å². The first kappa shape index (κ1) is 22.8. The van der Waals surface area contributed by atoms with Crippen LogP contribution in [0.15, 0.2) is 66.7 Å². The van der Waals surface area contributed by atoms with E-state index in [1.54, 1.807) is 12.0 Å². The second kappa shape index (κ2) is 8.69. The monoisotopic (exact) mass is 479 g/mol. The van der Waals surface area contributed by atoms with Gasteiger partial charge in [-0.05, 0) is 60.9 Å². The topological polar surface area (TPSA) is 57.4 Å². The number of hydrogen-bond acceptors (Lipinski definition) is 2. The Hall–Kier alpha value is -3.94. The zero-order chi connectivity index (χ0) is 24.7. The predicted molar refractivity (Wildman–Crippen MR) is 129 cm³/mol. The van der Waals surface area contributed by atoms with E-state index >= 15 is 0 Å². The molecule has 35 heavy (non-hydrogen) atoms. The van der Waals surface area contributed by atoms with Crippen molar-refractivity contribution in [1.82, 2.24) is 9.88 Å². The van der Waals surface area contributed by atoms with Crippen LogP contribution < -0.4 is 10.1 Å². The van der Waals surface area contributed by atoms with E-state index in [2.05, 4.69) is 10.3 Å². The van der Waals surface area contributed by atoms with E-state index in [1.165, 1.54) is 12.1 Å². The number of ether oxygens (including phenoxy) is 1. The Balaban J connectivity index is 1.55. The van der Waals surface area contributed by atoms with Gasteiger partial charge in [-0.2, -0.15) is 13.2 Å². The summed E-state index contributed by atoms with van der Waals surface area (Å²) in [7, 11) is 1.62. The number of anilines is 1. The molecule has 1 aliphatic rings. The average molecular weight is 480 g/mol. The smallest absolute Gasteiger partial charge is 0.416 e. The molecule has 180 valence electrons. The number of carbonyl (C=O) groups excluding carboxylic acids is 1. The molecule has 0 saturated heterocycles. The molecule has 2 amide bonds. The van der Waals surface area contributed by atoms with Crippen LogP contribution in [0.5, 0.6) is 5.75 Å². The molecule has 0 unspecified atom stereocenters. The van der Waals surface area contributed by atoms with Crippen molar-refractivity contribution >= 4 is 22.6 Å². The first-order chi connectivity index (χ1) is 16.7. The highest BCUT2D eigenvalue weighted by atomic mass is 19.4. The van der Waals surface area contributed by atoms with Crippen LogP contribution in [0.25, 0.3) is 10.9 Å². The van der Waals surface area contributed by atoms with Gasteiger partial charge in [-0.3, -0.25) is 0 Å². The molecule has 2 heterocycles. The molecule has 3 aromatic carbocycles. The van der Waals surface area contributed by atoms with Gasteiger partial charge in [-0.1, -0.05) is 35.9 Å². The van der Waals surface area contributed by atoms with E-state index < -0.39 is 23.8 Å². The van der Waals surface area contributed by atoms with Gasteiger partial charge >= 0.3 is 12.2 Å². The largest absolute Gasteiger partial charge is 0.497 e. The number of halogens is 3. The number of amides is 2. The number of nitrogens with zero attached hydrogens (tertiary/aromatic N) is 1. The number of alkyl halides is 3. The molecule has 1 aromatic heterocycles. The zero-order valence-electron chi connectivity index (χ0n) is 19.2. The molecular formula is C27H24F3N3O2. The Morgan fingerprint density at radius 3 is 2.57 bits per heavy atom. The van der Waals surface area contributed by atoms with Gasteiger partial charge in [0, 0.05) is 28.8 Å². The summed E-state index contributed by atoms with van der Waals surface area (Å²) in [6.45, 7) is 2.39. The molecule has 4 aromatic rings. The number of fused-ring (bicyclic) bond motifs is 3. The zero-order valence-corrected chi connectivity index (χ0v) is 19.2. The number of aryl methyl sites for hydroxylation is 1. The lowest BCUT2D eigenvalue weighted by atomic mass is 9.92. The Labute approximate surface area is 200 Å². The number of hydrogen-bond donors (Lipinski definition) is 2. The van der Waals surface area contributed by atoms with Crippen molar-refractivity contribution in [1.29, 1.82) is 0 Å². The maximum Gasteiger partial charge on any atom is 0.416 e. The quantitative estimate of drug-likeness (QED) is 0.344. The minimum Gasteiger partial charge on any atom is -0.497 e. The van der Waals surface area contributed by atoms with Gasteiger partial charge in [0.05, 0.1) is 18.7 Å². The van der Waals surface area contributed by atoms with Gasteiger partial charge in [-0.15, -0.1) is 0 Å². The molecule has 0 spiro atoms. The van der Waals surface area contributed by atoms with Gasteiger partial charge in [0.25, 0.3) is 0 Å². The summed E-state index contributed by atoms with van der Waals surface area (Å²) in [4.78, 5) is 18.6. The van der Waals surface area contributed by atoms with Gasteiger partial charge in [0.15, 0.2) is 0 Å². The average Bonchev–Trinajstić information content (AvgIpc) is 3.21. The SMILES string of the molecule is COc1ccc2[nH]c3c(c2c1)CCN(C(=O)Nc1cccc(C(F)(F)F)c1)[C@H]3c1ccc(C)cc1. The predicted octanol–water partition coefficient (Wildman–Crippen LogP) is 6.68. The Morgan fingerprint density at radius 1 is 1.09 bits per heavy atom. The van der Waals surface area contributed by atoms with Crippen LogP contribution in [0.3, 0.4) is 0 Å². The Kier molecular flexibility index (Phi) is 5.67. The van der Waals surface area contributed by atoms with Gasteiger partial charge < -0.3 is 19.9 Å². The van der Waals surface area contributed by atoms with Crippen LogP contribution in [0, 0.1) is 6.92 Å². The van der Waals surface area contributed by atoms with E-state index in [0.717, 1.165) is 51.2 Å². The van der Waals surface area contributed by atoms with Crippen molar-refractivity contribution in [3.05, 3.63) is 94.7 Å². The van der Waals surface area contributed by atoms with Crippen molar-refractivity contribution in [3.63, 3.8) is 0 Å². The molecule has 1 atom stereocenters. The summed E-state index contributed by atoms with van der Waals surface area (Å²) in [6, 6.07) is 17.5. The van der Waals surface area contributed by atoms with Gasteiger partial charge in [-0.25, -0.2) is 4.79 Å². The normalized spacial score (nSPS) is 15.7. The first-order valence-corrected chi connectivity index (χ1v) is 11.2. The number of nitrogens with one attached hydrogen (secondary N) is 2. The maximum absolute atomic E-state index is 13.4. The van der Waals surface area contributed by atoms with Crippen molar-refractivity contribution in [2.75, 3.05) is 19.0 Å². The van der Waals surface area contributed by atoms with Crippen LogP contribution in [0.2, 0.25) is 0 Å². The molecule has 2 N–H and O–H groups in total. The molecular weight excluding hydrogens is 455 g/mol. The second-order valence-corrected chi connectivity index (χ2v) is 8.69. The molecule has 5 nitrogen and oxygen atoms in total. The van der Waals surface area contributed by atoms with Crippen LogP contribution in [-0.2, 0) is 12.6 Å². The lowest BCUT2D eigenvalue weighted by Crippen LogP contribution is -2.43. The number of urea groups is 1. The molecule has 0 saturated carbocycles. The third-order valence-corrected chi connectivity index (χ3v) is 6.43. The van der Waals surface area contributed by atoms with Crippen LogP contribution in [0.1, 0.15) is 34.0 Å². The summed E-state index contributed by atoms with van der Waals surface area (Å²) < 4.78 is 44.9. The highest BCUT2D eigenvalue weighted by molar-refractivity contribution is 5.92. The third kappa shape index (κ3) is 4.32. The summed E-state index contributed by atoms with van der Waals surface area (Å²) >= 11 is 0. The highest BCUT2D eigenvalue weighted by Gasteiger charge is 2.35. The number of benzene rings is 3. The number of H-pyrrole nitrogens is 1. The molecule has 0 bridgehead atoms. The first-order valence-electron chi connectivity index (χ1n) is 11.2. The minimum atomic E-state index is -4.49. The minimum absolute atomic E-state index is 0.0969. The van der Waals surface area contributed by atoms with Crippen LogP contribution >= 0.6 is 0 Å². The lowest BCUT2D eigenvalue weighted by Gasteiger charge is -2.36. The number of methoxy groups -OCH3 is 1. The van der Waals surface area contributed by atoms with E-state index in [0.29, 0.717) is 13.0 Å². The van der Waals surface area contributed by atoms with Crippen LogP contribution in [0.4, 0.5) is 23.7 Å². The summed E-state index contributed by atoms with van der Waals surface area (Å²) in [6.07, 6.45) is -3.89. The molecule has 0 aliphatic carbocycles. The second-order valence-electron chi connectivity index (χ2n) is 8.69. The van der Waals surface area contributed by atoms with E-state index in [-0.39, 0.29) is 5.69 Å². The van der Waals surface area contributed by atoms with E-state index in [1.807, 2.05) is 49.4 Å². The number of aromatic nitrogens is 1. The van der Waals surface area contributed by atoms with Gasteiger partial charge in [0.1, 0.15) is 5.75 Å². The Morgan fingerprint density at radius 2 is 1.86 bits per heavy atom. The molecule has 0 radical (unpaired) electrons. The lowest BCUT2D eigenvalue weighted by molar-refractivity contribution is -0.137. The molecule has 5 rings (SSSR count). The molecule has 0 fully saturated rings. The van der Waals surface area contributed by atoms with Crippen molar-refractivity contribution in [2.24, 2.45) is 0 Å². The standard InChI is InChI=1S/C27H24F3N3O2/c1-16-6-8-17(9-7-16)25-24-21(22-15-20(35-2)10-11-23(22)32-24)12-13-33(25)26(34)31-19-5-3-4-18(14-19)27(28,29)30/h3-11,14-15,25,32H,12-13H2,1-2H3,(H,31,34)/t25-/m0/s1. The molecule has 8 heteroatoms. The maximum atomic E-state index is 13.4. The highest BCUT2D eigenvalue weighted by Crippen LogP contribution is 2.40. The number of carbonyl (C=O) groups is 1. The van der Waals surface area contributed by atoms with Crippen molar-refractivity contribution in [2.45, 2.75) is 25.6 Å². The number of aromatic amines is 1. The Bertz CT molecular complexity index is 1390. The third-order valence-electron chi connectivity index (χ3n) is 6.43. The van der Waals surface area contributed by atoms with Crippen molar-refractivity contribution in [3.8, 4) is 5.75 Å². The van der Waals surface area contributed by atoms with Crippen LogP contribution in [-0.4, -0.2) is 29.6 Å². The van der Waals surface area contributed by atoms with Gasteiger partial charge in [0.2, 0.25) is 0 Å².